The Kier molecular flexibility index (Phi) is 4.58. The van der Waals surface area contributed by atoms with Crippen molar-refractivity contribution >= 4 is 17.5 Å². The normalized spacial score (nSPS) is 22.0. The van der Waals surface area contributed by atoms with Crippen LogP contribution in [0, 0.1) is 0 Å². The summed E-state index contributed by atoms with van der Waals surface area (Å²) in [4.78, 5) is 12.5. The molecule has 0 aliphatic heterocycles. The number of aromatic nitrogens is 3. The van der Waals surface area contributed by atoms with Crippen LogP contribution >= 0.6 is 11.6 Å². The van der Waals surface area contributed by atoms with E-state index in [1.807, 2.05) is 0 Å². The largest absolute Gasteiger partial charge is 0.496 e. The molecule has 8 heteroatoms. The van der Waals surface area contributed by atoms with Crippen molar-refractivity contribution in [2.75, 3.05) is 7.11 Å². The quantitative estimate of drug-likeness (QED) is 0.808. The lowest BCUT2D eigenvalue weighted by molar-refractivity contribution is 0.0903. The van der Waals surface area contributed by atoms with Crippen LogP contribution in [-0.4, -0.2) is 38.9 Å². The first kappa shape index (κ1) is 17.3. The fraction of sp³-hybridized carbons (Fsp3) is 0.500. The number of aliphatic hydroxyl groups excluding tert-OH is 1. The molecule has 2 aliphatic carbocycles. The molecule has 26 heavy (non-hydrogen) atoms. The van der Waals surface area contributed by atoms with Crippen LogP contribution in [0.3, 0.4) is 0 Å². The third-order valence-electron chi connectivity index (χ3n) is 5.09. The molecule has 2 fully saturated rings. The summed E-state index contributed by atoms with van der Waals surface area (Å²) in [6.07, 6.45) is 3.84. The van der Waals surface area contributed by atoms with Crippen LogP contribution in [0.5, 0.6) is 5.75 Å². The van der Waals surface area contributed by atoms with Crippen molar-refractivity contribution in [2.45, 2.75) is 50.3 Å². The number of nitrogens with one attached hydrogen (secondary N) is 1. The van der Waals surface area contributed by atoms with Gasteiger partial charge in [0.1, 0.15) is 18.2 Å². The minimum atomic E-state index is -0.187. The Morgan fingerprint density at radius 1 is 1.38 bits per heavy atom. The number of methoxy groups -OCH3 is 1. The minimum absolute atomic E-state index is 0.0816. The van der Waals surface area contributed by atoms with Crippen molar-refractivity contribution in [3.8, 4) is 5.75 Å². The molecule has 7 nitrogen and oxygen atoms in total. The van der Waals surface area contributed by atoms with E-state index in [4.69, 9.17) is 16.3 Å². The molecule has 138 valence electrons. The SMILES string of the molecule is COc1ccc(Cl)cc1C(=O)NC1CC(c2nnc(CO)n2C2CC2)C1. The Morgan fingerprint density at radius 2 is 2.15 bits per heavy atom. The van der Waals surface area contributed by atoms with Crippen LogP contribution in [-0.2, 0) is 6.61 Å². The molecular weight excluding hydrogens is 356 g/mol. The number of amides is 1. The van der Waals surface area contributed by atoms with E-state index >= 15 is 0 Å². The molecule has 1 heterocycles. The topological polar surface area (TPSA) is 89.3 Å². The highest BCUT2D eigenvalue weighted by Gasteiger charge is 2.38. The third kappa shape index (κ3) is 3.17. The number of nitrogens with zero attached hydrogens (tertiary/aromatic N) is 3. The molecule has 2 aliphatic rings. The predicted molar refractivity (Wildman–Crippen MR) is 95.4 cm³/mol. The lowest BCUT2D eigenvalue weighted by atomic mass is 9.79. The van der Waals surface area contributed by atoms with E-state index in [0.717, 1.165) is 31.5 Å². The van der Waals surface area contributed by atoms with Gasteiger partial charge in [-0.25, -0.2) is 0 Å². The van der Waals surface area contributed by atoms with Crippen molar-refractivity contribution in [1.29, 1.82) is 0 Å². The molecule has 0 radical (unpaired) electrons. The first-order chi connectivity index (χ1) is 12.6. The monoisotopic (exact) mass is 376 g/mol. The summed E-state index contributed by atoms with van der Waals surface area (Å²) in [5, 5.41) is 21.4. The Morgan fingerprint density at radius 3 is 2.81 bits per heavy atom. The molecule has 2 N–H and O–H groups in total. The molecule has 1 aromatic carbocycles. The molecule has 1 aromatic heterocycles. The lowest BCUT2D eigenvalue weighted by Crippen LogP contribution is -2.44. The molecule has 0 saturated heterocycles. The summed E-state index contributed by atoms with van der Waals surface area (Å²) in [6, 6.07) is 5.50. The fourth-order valence-corrected chi connectivity index (χ4v) is 3.69. The highest BCUT2D eigenvalue weighted by molar-refractivity contribution is 6.31. The second-order valence-electron chi connectivity index (χ2n) is 6.92. The average Bonchev–Trinajstić information content (AvgIpc) is 3.36. The zero-order valence-electron chi connectivity index (χ0n) is 14.5. The maximum atomic E-state index is 12.5. The van der Waals surface area contributed by atoms with Crippen LogP contribution < -0.4 is 10.1 Å². The van der Waals surface area contributed by atoms with Gasteiger partial charge in [0.15, 0.2) is 5.82 Å². The number of ether oxygens (including phenoxy) is 1. The Bertz CT molecular complexity index is 828. The number of hydrogen-bond donors (Lipinski definition) is 2. The van der Waals surface area contributed by atoms with Crippen LogP contribution in [0.15, 0.2) is 18.2 Å². The number of carbonyl (C=O) groups excluding carboxylic acids is 1. The van der Waals surface area contributed by atoms with Gasteiger partial charge in [-0.05, 0) is 43.9 Å². The fourth-order valence-electron chi connectivity index (χ4n) is 3.52. The first-order valence-corrected chi connectivity index (χ1v) is 9.17. The third-order valence-corrected chi connectivity index (χ3v) is 5.33. The summed E-state index contributed by atoms with van der Waals surface area (Å²) in [6.45, 7) is -0.0923. The van der Waals surface area contributed by atoms with Gasteiger partial charge in [0.05, 0.1) is 12.7 Å². The van der Waals surface area contributed by atoms with Crippen molar-refractivity contribution in [2.24, 2.45) is 0 Å². The second-order valence-corrected chi connectivity index (χ2v) is 7.35. The van der Waals surface area contributed by atoms with Crippen molar-refractivity contribution < 1.29 is 14.6 Å². The molecule has 4 rings (SSSR count). The van der Waals surface area contributed by atoms with Crippen molar-refractivity contribution in [3.63, 3.8) is 0 Å². The standard InChI is InChI=1S/C18H21ClN4O3/c1-26-15-5-2-11(19)8-14(15)18(25)20-12-6-10(7-12)17-22-21-16(9-24)23(17)13-3-4-13/h2,5,8,10,12-13,24H,3-4,6-7,9H2,1H3,(H,20,25). The van der Waals surface area contributed by atoms with Gasteiger partial charge in [-0.15, -0.1) is 10.2 Å². The maximum Gasteiger partial charge on any atom is 0.255 e. The number of hydrogen-bond acceptors (Lipinski definition) is 5. The highest BCUT2D eigenvalue weighted by Crippen LogP contribution is 2.42. The lowest BCUT2D eigenvalue weighted by Gasteiger charge is -2.35. The van der Waals surface area contributed by atoms with Gasteiger partial charge in [0, 0.05) is 23.0 Å². The highest BCUT2D eigenvalue weighted by atomic mass is 35.5. The summed E-state index contributed by atoms with van der Waals surface area (Å²) >= 11 is 6.00. The first-order valence-electron chi connectivity index (χ1n) is 8.79. The zero-order valence-corrected chi connectivity index (χ0v) is 15.2. The van der Waals surface area contributed by atoms with Gasteiger partial charge in [-0.2, -0.15) is 0 Å². The molecular formula is C18H21ClN4O3. The van der Waals surface area contributed by atoms with Gasteiger partial charge >= 0.3 is 0 Å². The molecule has 2 saturated carbocycles. The van der Waals surface area contributed by atoms with E-state index in [-0.39, 0.29) is 24.5 Å². The number of aliphatic hydroxyl groups is 1. The van der Waals surface area contributed by atoms with Crippen molar-refractivity contribution in [3.05, 3.63) is 40.4 Å². The average molecular weight is 377 g/mol. The van der Waals surface area contributed by atoms with Crippen molar-refractivity contribution in [1.82, 2.24) is 20.1 Å². The molecule has 1 amide bonds. The van der Waals surface area contributed by atoms with Gasteiger partial charge in [0.25, 0.3) is 5.91 Å². The second kappa shape index (κ2) is 6.89. The van der Waals surface area contributed by atoms with Gasteiger partial charge in [-0.3, -0.25) is 4.79 Å². The molecule has 0 unspecified atom stereocenters. The number of rotatable bonds is 6. The molecule has 0 spiro atoms. The number of halogens is 1. The zero-order chi connectivity index (χ0) is 18.3. The van der Waals surface area contributed by atoms with E-state index in [2.05, 4.69) is 20.1 Å². The predicted octanol–water partition coefficient (Wildman–Crippen LogP) is 2.44. The number of benzene rings is 1. The van der Waals surface area contributed by atoms with Crippen LogP contribution in [0.25, 0.3) is 0 Å². The Balaban J connectivity index is 1.41. The summed E-state index contributed by atoms with van der Waals surface area (Å²) in [7, 11) is 1.53. The Labute approximate surface area is 156 Å². The van der Waals surface area contributed by atoms with Crippen LogP contribution in [0.1, 0.15) is 59.6 Å². The summed E-state index contributed by atoms with van der Waals surface area (Å²) < 4.78 is 7.33. The summed E-state index contributed by atoms with van der Waals surface area (Å²) in [5.74, 6) is 2.15. The van der Waals surface area contributed by atoms with Gasteiger partial charge in [-0.1, -0.05) is 11.6 Å². The Hall–Kier alpha value is -2.12. The minimum Gasteiger partial charge on any atom is -0.496 e. The number of carbonyl (C=O) groups is 1. The van der Waals surface area contributed by atoms with Crippen LogP contribution in [0.4, 0.5) is 0 Å². The van der Waals surface area contributed by atoms with Gasteiger partial charge < -0.3 is 19.7 Å². The van der Waals surface area contributed by atoms with E-state index in [1.165, 1.54) is 7.11 Å². The van der Waals surface area contributed by atoms with E-state index in [0.29, 0.717) is 28.2 Å². The molecule has 0 bridgehead atoms. The van der Waals surface area contributed by atoms with E-state index in [1.54, 1.807) is 18.2 Å². The smallest absolute Gasteiger partial charge is 0.255 e. The van der Waals surface area contributed by atoms with Crippen LogP contribution in [0.2, 0.25) is 5.02 Å². The van der Waals surface area contributed by atoms with E-state index in [9.17, 15) is 9.90 Å². The summed E-state index contributed by atoms with van der Waals surface area (Å²) in [5.41, 5.74) is 0.437. The van der Waals surface area contributed by atoms with E-state index < -0.39 is 0 Å². The molecule has 0 atom stereocenters. The maximum absolute atomic E-state index is 12.5. The van der Waals surface area contributed by atoms with Gasteiger partial charge in [0.2, 0.25) is 0 Å². The molecule has 2 aromatic rings.